The zero-order chi connectivity index (χ0) is 24.7. The van der Waals surface area contributed by atoms with Gasteiger partial charge in [-0.05, 0) is 67.8 Å². The third-order valence-corrected chi connectivity index (χ3v) is 8.04. The monoisotopic (exact) mass is 494 g/mol. The number of aromatic nitrogens is 2. The maximum absolute atomic E-state index is 12.3. The van der Waals surface area contributed by atoms with Gasteiger partial charge in [-0.1, -0.05) is 54.9 Å². The third kappa shape index (κ3) is 4.67. The highest BCUT2D eigenvalue weighted by Crippen LogP contribution is 2.33. The van der Waals surface area contributed by atoms with Gasteiger partial charge in [-0.25, -0.2) is 13.4 Å². The predicted molar refractivity (Wildman–Crippen MR) is 137 cm³/mol. The normalized spacial score (nSPS) is 12.2. The zero-order valence-corrected chi connectivity index (χ0v) is 21.2. The van der Waals surface area contributed by atoms with Crippen LogP contribution in [0, 0.1) is 6.92 Å². The van der Waals surface area contributed by atoms with Crippen molar-refractivity contribution in [2.24, 2.45) is 0 Å². The molecule has 4 rings (SSSR count). The van der Waals surface area contributed by atoms with Crippen molar-refractivity contribution in [1.29, 1.82) is 0 Å². The predicted octanol–water partition coefficient (Wildman–Crippen LogP) is 6.19. The molecule has 3 aromatic carbocycles. The maximum Gasteiger partial charge on any atom is 0.178 e. The van der Waals surface area contributed by atoms with Gasteiger partial charge in [0, 0.05) is 22.5 Å². The molecule has 0 saturated heterocycles. The lowest BCUT2D eigenvalue weighted by molar-refractivity contribution is 0.0743. The van der Waals surface area contributed by atoms with Gasteiger partial charge >= 0.3 is 0 Å². The third-order valence-electron chi connectivity index (χ3n) is 5.89. The Kier molecular flexibility index (Phi) is 6.42. The van der Waals surface area contributed by atoms with E-state index in [0.29, 0.717) is 21.4 Å². The van der Waals surface area contributed by atoms with Crippen LogP contribution in [0.15, 0.2) is 77.8 Å². The van der Waals surface area contributed by atoms with Crippen LogP contribution >= 0.6 is 11.6 Å². The molecule has 0 radical (unpaired) electrons. The number of hydrogen-bond acceptors (Lipinski definition) is 4. The summed E-state index contributed by atoms with van der Waals surface area (Å²) < 4.78 is 26.5. The molecule has 1 aromatic heterocycles. The lowest BCUT2D eigenvalue weighted by atomic mass is 10.1. The minimum atomic E-state index is -3.28. The van der Waals surface area contributed by atoms with Crippen molar-refractivity contribution in [3.05, 3.63) is 89.2 Å². The molecule has 0 aliphatic carbocycles. The molecule has 0 unspecified atom stereocenters. The summed E-state index contributed by atoms with van der Waals surface area (Å²) in [7, 11) is -3.28. The van der Waals surface area contributed by atoms with Crippen molar-refractivity contribution in [2.45, 2.75) is 38.2 Å². The molecule has 0 aliphatic rings. The summed E-state index contributed by atoms with van der Waals surface area (Å²) in [4.78, 5) is 5.07. The summed E-state index contributed by atoms with van der Waals surface area (Å²) in [6.07, 6.45) is 1.83. The van der Waals surface area contributed by atoms with Gasteiger partial charge in [0.05, 0.1) is 16.3 Å². The lowest BCUT2D eigenvalue weighted by Crippen LogP contribution is -2.15. The van der Waals surface area contributed by atoms with E-state index in [0.717, 1.165) is 27.9 Å². The Labute approximate surface area is 205 Å². The van der Waals surface area contributed by atoms with Crippen LogP contribution in [0.3, 0.4) is 0 Å². The van der Waals surface area contributed by atoms with Crippen LogP contribution in [0.1, 0.15) is 32.0 Å². The second-order valence-corrected chi connectivity index (χ2v) is 11.5. The summed E-state index contributed by atoms with van der Waals surface area (Å²) in [5.41, 5.74) is 3.81. The fourth-order valence-electron chi connectivity index (χ4n) is 3.76. The smallest absolute Gasteiger partial charge is 0.178 e. The Morgan fingerprint density at radius 1 is 1.00 bits per heavy atom. The molecule has 176 valence electrons. The average molecular weight is 495 g/mol. The number of aliphatic hydroxyl groups is 1. The summed E-state index contributed by atoms with van der Waals surface area (Å²) in [6, 6.07) is 20.5. The Bertz CT molecular complexity index is 1450. The van der Waals surface area contributed by atoms with Gasteiger partial charge in [-0.2, -0.15) is 0 Å². The second-order valence-electron chi connectivity index (χ2n) is 8.77. The van der Waals surface area contributed by atoms with Gasteiger partial charge in [0.1, 0.15) is 11.4 Å². The second kappa shape index (κ2) is 9.02. The number of nitrogens with zero attached hydrogens (tertiary/aromatic N) is 2. The first kappa shape index (κ1) is 24.2. The van der Waals surface area contributed by atoms with Crippen LogP contribution in [-0.2, 0) is 15.4 Å². The fourth-order valence-corrected chi connectivity index (χ4v) is 4.86. The molecule has 0 fully saturated rings. The summed E-state index contributed by atoms with van der Waals surface area (Å²) >= 11 is 6.37. The quantitative estimate of drug-likeness (QED) is 0.347. The van der Waals surface area contributed by atoms with E-state index in [-0.39, 0.29) is 5.75 Å². The van der Waals surface area contributed by atoms with Crippen LogP contribution in [0.25, 0.3) is 28.2 Å². The lowest BCUT2D eigenvalue weighted by Gasteiger charge is -2.13. The highest BCUT2D eigenvalue weighted by atomic mass is 35.5. The molecule has 0 saturated carbocycles. The number of benzene rings is 3. The standard InChI is InChI=1S/C27H27ClN2O3S/c1-5-34(32,33)22-9-6-8-20(16-22)19-12-14-21(15-13-19)30-17-25(27(3,4)31)29-26(30)23-10-7-11-24(28)18(23)2/h6-17,31H,5H2,1-4H3. The van der Waals surface area contributed by atoms with Crippen LogP contribution in [-0.4, -0.2) is 28.8 Å². The van der Waals surface area contributed by atoms with Crippen molar-refractivity contribution in [2.75, 3.05) is 5.75 Å². The van der Waals surface area contributed by atoms with Gasteiger partial charge in [0.15, 0.2) is 9.84 Å². The molecule has 0 amide bonds. The van der Waals surface area contributed by atoms with Crippen molar-refractivity contribution < 1.29 is 13.5 Å². The SMILES string of the molecule is CCS(=O)(=O)c1cccc(-c2ccc(-n3cc(C(C)(C)O)nc3-c3cccc(Cl)c3C)cc2)c1. The first-order valence-electron chi connectivity index (χ1n) is 11.0. The molecular formula is C27H27ClN2O3S. The summed E-state index contributed by atoms with van der Waals surface area (Å²) in [6.45, 7) is 6.99. The number of sulfone groups is 1. The number of imidazole rings is 1. The number of halogens is 1. The molecule has 34 heavy (non-hydrogen) atoms. The first-order chi connectivity index (χ1) is 16.0. The van der Waals surface area contributed by atoms with Gasteiger partial charge in [0.25, 0.3) is 0 Å². The van der Waals surface area contributed by atoms with E-state index in [4.69, 9.17) is 16.6 Å². The van der Waals surface area contributed by atoms with Crippen LogP contribution in [0.4, 0.5) is 0 Å². The van der Waals surface area contributed by atoms with Gasteiger partial charge in [-0.15, -0.1) is 0 Å². The molecule has 0 atom stereocenters. The molecule has 1 heterocycles. The molecule has 0 aliphatic heterocycles. The molecular weight excluding hydrogens is 468 g/mol. The van der Waals surface area contributed by atoms with Crippen LogP contribution in [0.2, 0.25) is 5.02 Å². The van der Waals surface area contributed by atoms with Gasteiger partial charge in [-0.3, -0.25) is 4.57 Å². The van der Waals surface area contributed by atoms with Gasteiger partial charge < -0.3 is 5.11 Å². The van der Waals surface area contributed by atoms with Gasteiger partial charge in [0.2, 0.25) is 0 Å². The van der Waals surface area contributed by atoms with Crippen LogP contribution < -0.4 is 0 Å². The van der Waals surface area contributed by atoms with E-state index in [1.807, 2.05) is 66.2 Å². The van der Waals surface area contributed by atoms with E-state index in [1.54, 1.807) is 39.0 Å². The van der Waals surface area contributed by atoms with E-state index in [9.17, 15) is 13.5 Å². The number of rotatable bonds is 6. The maximum atomic E-state index is 12.3. The number of hydrogen-bond donors (Lipinski definition) is 1. The first-order valence-corrected chi connectivity index (χ1v) is 13.1. The van der Waals surface area contributed by atoms with Crippen LogP contribution in [0.5, 0.6) is 0 Å². The van der Waals surface area contributed by atoms with E-state index in [2.05, 4.69) is 0 Å². The Morgan fingerprint density at radius 3 is 2.32 bits per heavy atom. The molecule has 5 nitrogen and oxygen atoms in total. The van der Waals surface area contributed by atoms with Crippen molar-refractivity contribution in [3.63, 3.8) is 0 Å². The Balaban J connectivity index is 1.80. The average Bonchev–Trinajstić information content (AvgIpc) is 3.27. The fraction of sp³-hybridized carbons (Fsp3) is 0.222. The van der Waals surface area contributed by atoms with E-state index >= 15 is 0 Å². The molecule has 7 heteroatoms. The van der Waals surface area contributed by atoms with Crippen molar-refractivity contribution in [3.8, 4) is 28.2 Å². The highest BCUT2D eigenvalue weighted by molar-refractivity contribution is 7.91. The summed E-state index contributed by atoms with van der Waals surface area (Å²) in [5, 5.41) is 11.2. The zero-order valence-electron chi connectivity index (χ0n) is 19.6. The Hall–Kier alpha value is -2.93. The van der Waals surface area contributed by atoms with E-state index < -0.39 is 15.4 Å². The largest absolute Gasteiger partial charge is 0.384 e. The minimum Gasteiger partial charge on any atom is -0.384 e. The molecule has 0 bridgehead atoms. The molecule has 4 aromatic rings. The van der Waals surface area contributed by atoms with Crippen molar-refractivity contribution >= 4 is 21.4 Å². The van der Waals surface area contributed by atoms with E-state index in [1.165, 1.54) is 0 Å². The highest BCUT2D eigenvalue weighted by Gasteiger charge is 2.24. The van der Waals surface area contributed by atoms with Crippen molar-refractivity contribution in [1.82, 2.24) is 9.55 Å². The molecule has 0 spiro atoms. The minimum absolute atomic E-state index is 0.0608. The molecule has 1 N–H and O–H groups in total. The Morgan fingerprint density at radius 2 is 1.68 bits per heavy atom. The summed E-state index contributed by atoms with van der Waals surface area (Å²) in [5.74, 6) is 0.742. The topological polar surface area (TPSA) is 72.2 Å².